The van der Waals surface area contributed by atoms with Crippen molar-refractivity contribution < 1.29 is 9.84 Å². The summed E-state index contributed by atoms with van der Waals surface area (Å²) in [6.45, 7) is 6.50. The highest BCUT2D eigenvalue weighted by atomic mass is 16.5. The van der Waals surface area contributed by atoms with Gasteiger partial charge < -0.3 is 20.9 Å². The van der Waals surface area contributed by atoms with E-state index in [9.17, 15) is 10.3 Å². The van der Waals surface area contributed by atoms with E-state index in [0.29, 0.717) is 24.1 Å². The van der Waals surface area contributed by atoms with Crippen LogP contribution in [0.2, 0.25) is 0 Å². The van der Waals surface area contributed by atoms with E-state index in [1.54, 1.807) is 16.8 Å². The molecule has 9 heteroatoms. The summed E-state index contributed by atoms with van der Waals surface area (Å²) >= 11 is 0. The summed E-state index contributed by atoms with van der Waals surface area (Å²) in [4.78, 5) is 9.11. The fourth-order valence-electron chi connectivity index (χ4n) is 2.73. The Kier molecular flexibility index (Phi) is 5.70. The summed E-state index contributed by atoms with van der Waals surface area (Å²) in [5, 5.41) is 31.8. The molecule has 3 aromatic heterocycles. The van der Waals surface area contributed by atoms with E-state index in [1.807, 2.05) is 26.8 Å². The van der Waals surface area contributed by atoms with Crippen LogP contribution in [0.4, 0.5) is 11.9 Å². The molecule has 0 saturated carbocycles. The van der Waals surface area contributed by atoms with E-state index in [-0.39, 0.29) is 18.6 Å². The average molecular weight is 371 g/mol. The lowest BCUT2D eigenvalue weighted by molar-refractivity contribution is -0.605. The van der Waals surface area contributed by atoms with Crippen molar-refractivity contribution in [1.82, 2.24) is 19.6 Å². The molecule has 144 valence electrons. The molecule has 1 atom stereocenters. The summed E-state index contributed by atoms with van der Waals surface area (Å²) in [6, 6.07) is 3.41. The highest BCUT2D eigenvalue weighted by molar-refractivity contribution is 5.54. The van der Waals surface area contributed by atoms with Gasteiger partial charge in [-0.15, -0.1) is 0 Å². The van der Waals surface area contributed by atoms with Gasteiger partial charge in [-0.1, -0.05) is 20.8 Å². The molecule has 0 saturated heterocycles. The Bertz CT molecular complexity index is 910. The van der Waals surface area contributed by atoms with Crippen molar-refractivity contribution in [2.75, 3.05) is 17.2 Å². The minimum atomic E-state index is -0.151. The number of fused-ring (bicyclic) bond motifs is 1. The topological polar surface area (TPSA) is 114 Å². The number of hydrogen-bond donors (Lipinski definition) is 3. The Morgan fingerprint density at radius 1 is 1.33 bits per heavy atom. The van der Waals surface area contributed by atoms with Gasteiger partial charge in [-0.2, -0.15) is 24.3 Å². The molecule has 0 aliphatic heterocycles. The van der Waals surface area contributed by atoms with E-state index < -0.39 is 0 Å². The average Bonchev–Trinajstić information content (AvgIpc) is 3.07. The van der Waals surface area contributed by atoms with Gasteiger partial charge in [0.1, 0.15) is 0 Å². The van der Waals surface area contributed by atoms with E-state index in [4.69, 9.17) is 0 Å². The fraction of sp³-hybridized carbons (Fsp3) is 0.444. The standard InChI is InChI=1S/C18H25N7O2/c1-4-14-9-20-25-16(14)22-17(21-15(11-26)12(2)3)23-18(25)19-8-13-6-5-7-24(27)10-13/h5-7,9-10,12,15,26H,4,8,11H2,1-3H3,(H2,19,21,22,23). The molecule has 0 spiro atoms. The van der Waals surface area contributed by atoms with Crippen LogP contribution in [0.3, 0.4) is 0 Å². The number of pyridine rings is 1. The molecule has 9 nitrogen and oxygen atoms in total. The summed E-state index contributed by atoms with van der Waals surface area (Å²) in [5.41, 5.74) is 2.54. The predicted octanol–water partition coefficient (Wildman–Crippen LogP) is 1.36. The summed E-state index contributed by atoms with van der Waals surface area (Å²) in [7, 11) is 0. The molecule has 0 aliphatic carbocycles. The quantitative estimate of drug-likeness (QED) is 0.405. The molecule has 0 fully saturated rings. The van der Waals surface area contributed by atoms with Crippen molar-refractivity contribution >= 4 is 17.5 Å². The van der Waals surface area contributed by atoms with E-state index in [0.717, 1.165) is 22.3 Å². The van der Waals surface area contributed by atoms with Gasteiger partial charge in [0.2, 0.25) is 11.9 Å². The van der Waals surface area contributed by atoms with Crippen LogP contribution in [0, 0.1) is 11.1 Å². The van der Waals surface area contributed by atoms with E-state index >= 15 is 0 Å². The number of aliphatic hydroxyl groups is 1. The lowest BCUT2D eigenvalue weighted by Crippen LogP contribution is -2.30. The largest absolute Gasteiger partial charge is 0.619 e. The van der Waals surface area contributed by atoms with Gasteiger partial charge in [0, 0.05) is 23.7 Å². The van der Waals surface area contributed by atoms with Crippen LogP contribution in [0.5, 0.6) is 0 Å². The smallest absolute Gasteiger partial charge is 0.229 e. The number of aromatic nitrogens is 5. The normalized spacial score (nSPS) is 12.5. The molecule has 0 amide bonds. The molecule has 27 heavy (non-hydrogen) atoms. The molecule has 3 aromatic rings. The second-order valence-corrected chi connectivity index (χ2v) is 6.73. The number of rotatable bonds is 8. The minimum absolute atomic E-state index is 0.0115. The number of hydrogen-bond acceptors (Lipinski definition) is 7. The van der Waals surface area contributed by atoms with Crippen LogP contribution in [-0.4, -0.2) is 37.3 Å². The summed E-state index contributed by atoms with van der Waals surface area (Å²) in [5.74, 6) is 1.17. The number of aliphatic hydroxyl groups excluding tert-OH is 1. The van der Waals surface area contributed by atoms with Gasteiger partial charge in [0.25, 0.3) is 0 Å². The van der Waals surface area contributed by atoms with Crippen molar-refractivity contribution in [3.05, 3.63) is 47.1 Å². The van der Waals surface area contributed by atoms with Gasteiger partial charge in [0.05, 0.1) is 18.8 Å². The van der Waals surface area contributed by atoms with Crippen molar-refractivity contribution in [2.45, 2.75) is 39.8 Å². The van der Waals surface area contributed by atoms with Crippen LogP contribution in [-0.2, 0) is 13.0 Å². The first-order valence-corrected chi connectivity index (χ1v) is 9.05. The zero-order chi connectivity index (χ0) is 19.4. The van der Waals surface area contributed by atoms with E-state index in [1.165, 1.54) is 12.4 Å². The monoisotopic (exact) mass is 371 g/mol. The SMILES string of the molecule is CCc1cnn2c(NCc3ccc[n+]([O-])c3)nc(NC(CO)C(C)C)nc12. The molecule has 1 unspecified atom stereocenters. The second-order valence-electron chi connectivity index (χ2n) is 6.73. The van der Waals surface area contributed by atoms with Gasteiger partial charge in [-0.25, -0.2) is 0 Å². The van der Waals surface area contributed by atoms with Crippen LogP contribution < -0.4 is 15.4 Å². The van der Waals surface area contributed by atoms with Gasteiger partial charge in [-0.05, 0) is 18.4 Å². The Hall–Kier alpha value is -2.94. The van der Waals surface area contributed by atoms with Crippen LogP contribution >= 0.6 is 0 Å². The Morgan fingerprint density at radius 2 is 2.15 bits per heavy atom. The Morgan fingerprint density at radius 3 is 2.81 bits per heavy atom. The first-order chi connectivity index (χ1) is 13.0. The van der Waals surface area contributed by atoms with Gasteiger partial charge >= 0.3 is 0 Å². The van der Waals surface area contributed by atoms with E-state index in [2.05, 4.69) is 25.7 Å². The first kappa shape index (κ1) is 18.8. The highest BCUT2D eigenvalue weighted by Crippen LogP contribution is 2.18. The lowest BCUT2D eigenvalue weighted by Gasteiger charge is -2.20. The molecule has 0 bridgehead atoms. The number of nitrogens with one attached hydrogen (secondary N) is 2. The Balaban J connectivity index is 1.93. The first-order valence-electron chi connectivity index (χ1n) is 9.05. The van der Waals surface area contributed by atoms with Crippen molar-refractivity contribution in [3.63, 3.8) is 0 Å². The van der Waals surface area contributed by atoms with Gasteiger partial charge in [-0.3, -0.25) is 0 Å². The maximum Gasteiger partial charge on any atom is 0.229 e. The van der Waals surface area contributed by atoms with Crippen LogP contribution in [0.1, 0.15) is 31.9 Å². The van der Waals surface area contributed by atoms with Crippen molar-refractivity contribution in [3.8, 4) is 0 Å². The van der Waals surface area contributed by atoms with Crippen molar-refractivity contribution in [2.24, 2.45) is 5.92 Å². The van der Waals surface area contributed by atoms with Crippen LogP contribution in [0.15, 0.2) is 30.7 Å². The zero-order valence-electron chi connectivity index (χ0n) is 15.8. The summed E-state index contributed by atoms with van der Waals surface area (Å²) < 4.78 is 2.42. The molecule has 3 N–H and O–H groups in total. The molecule has 3 rings (SSSR count). The number of nitrogens with zero attached hydrogens (tertiary/aromatic N) is 5. The van der Waals surface area contributed by atoms with Gasteiger partial charge in [0.15, 0.2) is 18.0 Å². The molecule has 0 aromatic carbocycles. The highest BCUT2D eigenvalue weighted by Gasteiger charge is 2.17. The second kappa shape index (κ2) is 8.17. The maximum absolute atomic E-state index is 11.4. The molecule has 3 heterocycles. The third kappa shape index (κ3) is 4.25. The predicted molar refractivity (Wildman–Crippen MR) is 102 cm³/mol. The lowest BCUT2D eigenvalue weighted by atomic mass is 10.1. The third-order valence-electron chi connectivity index (χ3n) is 4.42. The molecular weight excluding hydrogens is 346 g/mol. The molecule has 0 radical (unpaired) electrons. The molecular formula is C18H25N7O2. The van der Waals surface area contributed by atoms with Crippen LogP contribution in [0.25, 0.3) is 5.65 Å². The molecule has 0 aliphatic rings. The summed E-state index contributed by atoms with van der Waals surface area (Å²) in [6.07, 6.45) is 5.52. The number of anilines is 2. The minimum Gasteiger partial charge on any atom is -0.619 e. The zero-order valence-corrected chi connectivity index (χ0v) is 15.8. The van der Waals surface area contributed by atoms with Crippen molar-refractivity contribution in [1.29, 1.82) is 0 Å². The number of aryl methyl sites for hydroxylation is 1. The Labute approximate surface area is 157 Å². The maximum atomic E-state index is 11.4. The third-order valence-corrected chi connectivity index (χ3v) is 4.42. The fourth-order valence-corrected chi connectivity index (χ4v) is 2.73.